The van der Waals surface area contributed by atoms with Crippen molar-refractivity contribution in [1.82, 2.24) is 0 Å². The minimum atomic E-state index is -0.441. The molecule has 4 heteroatoms. The van der Waals surface area contributed by atoms with Gasteiger partial charge < -0.3 is 15.3 Å². The Kier molecular flexibility index (Phi) is 2.21. The molecule has 0 saturated heterocycles. The molecule has 4 nitrogen and oxygen atoms in total. The summed E-state index contributed by atoms with van der Waals surface area (Å²) < 4.78 is 4.96. The zero-order chi connectivity index (χ0) is 11.0. The van der Waals surface area contributed by atoms with E-state index in [1.54, 1.807) is 19.1 Å². The van der Waals surface area contributed by atoms with Crippen LogP contribution in [0.15, 0.2) is 33.5 Å². The monoisotopic (exact) mass is 205 g/mol. The fourth-order valence-corrected chi connectivity index (χ4v) is 1.57. The van der Waals surface area contributed by atoms with E-state index in [1.807, 2.05) is 0 Å². The SMILES string of the molecule is CC(N)c1cc(O)cc2oc(=O)ccc12. The Hall–Kier alpha value is -1.81. The molecular weight excluding hydrogens is 194 g/mol. The molecule has 3 N–H and O–H groups in total. The molecule has 0 radical (unpaired) electrons. The second-order valence-corrected chi connectivity index (χ2v) is 3.49. The van der Waals surface area contributed by atoms with Crippen molar-refractivity contribution in [3.63, 3.8) is 0 Å². The lowest BCUT2D eigenvalue weighted by Gasteiger charge is -2.09. The van der Waals surface area contributed by atoms with Gasteiger partial charge in [-0.05, 0) is 24.6 Å². The van der Waals surface area contributed by atoms with Gasteiger partial charge in [-0.3, -0.25) is 0 Å². The van der Waals surface area contributed by atoms with E-state index < -0.39 is 5.63 Å². The molecule has 1 heterocycles. The maximum absolute atomic E-state index is 11.0. The Balaban J connectivity index is 2.86. The first-order valence-electron chi connectivity index (χ1n) is 4.60. The highest BCUT2D eigenvalue weighted by Crippen LogP contribution is 2.26. The standard InChI is InChI=1S/C11H11NO3/c1-6(12)9-4-7(13)5-10-8(9)2-3-11(14)15-10/h2-6,13H,12H2,1H3. The van der Waals surface area contributed by atoms with Gasteiger partial charge in [0.15, 0.2) is 0 Å². The molecule has 0 spiro atoms. The van der Waals surface area contributed by atoms with Crippen LogP contribution in [0.1, 0.15) is 18.5 Å². The van der Waals surface area contributed by atoms with E-state index in [-0.39, 0.29) is 11.8 Å². The summed E-state index contributed by atoms with van der Waals surface area (Å²) in [6.45, 7) is 1.80. The summed E-state index contributed by atoms with van der Waals surface area (Å²) in [5.41, 5.74) is 6.43. The Bertz CT molecular complexity index is 557. The average molecular weight is 205 g/mol. The maximum Gasteiger partial charge on any atom is 0.336 e. The first-order chi connectivity index (χ1) is 7.08. The zero-order valence-corrected chi connectivity index (χ0v) is 8.23. The topological polar surface area (TPSA) is 76.5 Å². The predicted octanol–water partition coefficient (Wildman–Crippen LogP) is 1.52. The smallest absolute Gasteiger partial charge is 0.336 e. The molecule has 0 fully saturated rings. The predicted molar refractivity (Wildman–Crippen MR) is 56.8 cm³/mol. The summed E-state index contributed by atoms with van der Waals surface area (Å²) in [6, 6.07) is 5.74. The lowest BCUT2D eigenvalue weighted by Crippen LogP contribution is -2.06. The molecule has 1 atom stereocenters. The van der Waals surface area contributed by atoms with Gasteiger partial charge in [-0.1, -0.05) is 0 Å². The van der Waals surface area contributed by atoms with Crippen LogP contribution in [0.2, 0.25) is 0 Å². The number of fused-ring (bicyclic) bond motifs is 1. The molecule has 0 bridgehead atoms. The Labute approximate surface area is 85.9 Å². The van der Waals surface area contributed by atoms with E-state index in [9.17, 15) is 9.90 Å². The van der Waals surface area contributed by atoms with Crippen LogP contribution in [0.3, 0.4) is 0 Å². The minimum Gasteiger partial charge on any atom is -0.508 e. The van der Waals surface area contributed by atoms with Gasteiger partial charge in [0.05, 0.1) is 0 Å². The van der Waals surface area contributed by atoms with Gasteiger partial charge in [0.2, 0.25) is 0 Å². The number of hydrogen-bond acceptors (Lipinski definition) is 4. The molecule has 0 aliphatic heterocycles. The van der Waals surface area contributed by atoms with E-state index in [0.29, 0.717) is 5.58 Å². The fourth-order valence-electron chi connectivity index (χ4n) is 1.57. The van der Waals surface area contributed by atoms with Crippen LogP contribution in [-0.2, 0) is 0 Å². The van der Waals surface area contributed by atoms with Crippen LogP contribution in [-0.4, -0.2) is 5.11 Å². The number of rotatable bonds is 1. The molecule has 78 valence electrons. The fraction of sp³-hybridized carbons (Fsp3) is 0.182. The Morgan fingerprint density at radius 1 is 1.40 bits per heavy atom. The van der Waals surface area contributed by atoms with Crippen LogP contribution < -0.4 is 11.4 Å². The van der Waals surface area contributed by atoms with Crippen LogP contribution >= 0.6 is 0 Å². The second kappa shape index (κ2) is 3.40. The van der Waals surface area contributed by atoms with Gasteiger partial charge in [-0.15, -0.1) is 0 Å². The van der Waals surface area contributed by atoms with Crippen LogP contribution in [0.25, 0.3) is 11.0 Å². The second-order valence-electron chi connectivity index (χ2n) is 3.49. The summed E-state index contributed by atoms with van der Waals surface area (Å²) in [5, 5.41) is 10.2. The molecule has 2 rings (SSSR count). The molecule has 0 aliphatic rings. The van der Waals surface area contributed by atoms with E-state index in [2.05, 4.69) is 0 Å². The highest BCUT2D eigenvalue weighted by Gasteiger charge is 2.09. The summed E-state index contributed by atoms with van der Waals surface area (Å²) in [7, 11) is 0. The van der Waals surface area contributed by atoms with Crippen LogP contribution in [0.4, 0.5) is 0 Å². The van der Waals surface area contributed by atoms with Crippen molar-refractivity contribution in [3.05, 3.63) is 40.2 Å². The van der Waals surface area contributed by atoms with Gasteiger partial charge in [0, 0.05) is 23.6 Å². The molecule has 1 aromatic heterocycles. The number of phenolic OH excluding ortho intramolecular Hbond substituents is 1. The molecule has 15 heavy (non-hydrogen) atoms. The number of nitrogens with two attached hydrogens (primary N) is 1. The first-order valence-corrected chi connectivity index (χ1v) is 4.60. The van der Waals surface area contributed by atoms with Gasteiger partial charge >= 0.3 is 5.63 Å². The minimum absolute atomic E-state index is 0.0455. The average Bonchev–Trinajstić information content (AvgIpc) is 2.15. The van der Waals surface area contributed by atoms with Crippen LogP contribution in [0, 0.1) is 0 Å². The molecule has 1 unspecified atom stereocenters. The highest BCUT2D eigenvalue weighted by molar-refractivity contribution is 5.82. The van der Waals surface area contributed by atoms with Crippen molar-refractivity contribution >= 4 is 11.0 Å². The third kappa shape index (κ3) is 1.71. The number of phenols is 1. The normalized spacial score (nSPS) is 12.9. The lowest BCUT2D eigenvalue weighted by atomic mass is 10.0. The zero-order valence-electron chi connectivity index (χ0n) is 8.23. The van der Waals surface area contributed by atoms with Crippen LogP contribution in [0.5, 0.6) is 5.75 Å². The van der Waals surface area contributed by atoms with E-state index >= 15 is 0 Å². The van der Waals surface area contributed by atoms with Crippen molar-refractivity contribution in [2.24, 2.45) is 5.73 Å². The molecule has 2 aromatic rings. The van der Waals surface area contributed by atoms with Gasteiger partial charge in [-0.25, -0.2) is 4.79 Å². The summed E-state index contributed by atoms with van der Waals surface area (Å²) >= 11 is 0. The van der Waals surface area contributed by atoms with Crippen molar-refractivity contribution in [1.29, 1.82) is 0 Å². The van der Waals surface area contributed by atoms with Crippen molar-refractivity contribution in [2.75, 3.05) is 0 Å². The van der Waals surface area contributed by atoms with Gasteiger partial charge in [0.25, 0.3) is 0 Å². The van der Waals surface area contributed by atoms with Crippen molar-refractivity contribution in [3.8, 4) is 5.75 Å². The van der Waals surface area contributed by atoms with E-state index in [0.717, 1.165) is 10.9 Å². The Morgan fingerprint density at radius 3 is 2.80 bits per heavy atom. The van der Waals surface area contributed by atoms with Gasteiger partial charge in [-0.2, -0.15) is 0 Å². The summed E-state index contributed by atoms with van der Waals surface area (Å²) in [5.74, 6) is 0.0455. The quantitative estimate of drug-likeness (QED) is 0.692. The Morgan fingerprint density at radius 2 is 2.13 bits per heavy atom. The molecular formula is C11H11NO3. The van der Waals surface area contributed by atoms with E-state index in [1.165, 1.54) is 12.1 Å². The first kappa shape index (κ1) is 9.73. The number of benzene rings is 1. The third-order valence-corrected chi connectivity index (χ3v) is 2.25. The highest BCUT2D eigenvalue weighted by atomic mass is 16.4. The number of aromatic hydroxyl groups is 1. The van der Waals surface area contributed by atoms with Crippen molar-refractivity contribution in [2.45, 2.75) is 13.0 Å². The third-order valence-electron chi connectivity index (χ3n) is 2.25. The number of hydrogen-bond donors (Lipinski definition) is 2. The molecule has 0 aliphatic carbocycles. The molecule has 0 saturated carbocycles. The lowest BCUT2D eigenvalue weighted by molar-refractivity contribution is 0.471. The maximum atomic E-state index is 11.0. The van der Waals surface area contributed by atoms with E-state index in [4.69, 9.17) is 10.2 Å². The molecule has 0 amide bonds. The summed E-state index contributed by atoms with van der Waals surface area (Å²) in [4.78, 5) is 11.0. The largest absolute Gasteiger partial charge is 0.508 e. The van der Waals surface area contributed by atoms with Crippen molar-refractivity contribution < 1.29 is 9.52 Å². The van der Waals surface area contributed by atoms with Gasteiger partial charge in [0.1, 0.15) is 11.3 Å². The molecule has 1 aromatic carbocycles. The summed E-state index contributed by atoms with van der Waals surface area (Å²) in [6.07, 6.45) is 0.